The predicted octanol–water partition coefficient (Wildman–Crippen LogP) is 5.70. The average Bonchev–Trinajstić information content (AvgIpc) is 3.74. The second-order valence-electron chi connectivity index (χ2n) is 9.98. The van der Waals surface area contributed by atoms with Gasteiger partial charge in [-0.15, -0.1) is 5.10 Å². The van der Waals surface area contributed by atoms with Gasteiger partial charge in [0.15, 0.2) is 11.6 Å². The lowest BCUT2D eigenvalue weighted by Crippen LogP contribution is -2.23. The summed E-state index contributed by atoms with van der Waals surface area (Å²) in [7, 11) is 1.38. The molecule has 6 rings (SSSR count). The molecule has 0 amide bonds. The summed E-state index contributed by atoms with van der Waals surface area (Å²) in [4.78, 5) is 29.7. The second-order valence-corrected chi connectivity index (χ2v) is 11.0. The summed E-state index contributed by atoms with van der Waals surface area (Å²) >= 11 is 1.21. The fraction of sp³-hybridized carbons (Fsp3) is 0.188. The lowest BCUT2D eigenvalue weighted by Gasteiger charge is -2.05. The maximum atomic E-state index is 13.4. The largest absolute Gasteiger partial charge is 0.494 e. The van der Waals surface area contributed by atoms with Crippen molar-refractivity contribution < 1.29 is 14.4 Å². The molecule has 222 valence electrons. The molecule has 0 saturated heterocycles. The number of fused-ring (bicyclic) bond motifs is 1. The maximum Gasteiger partial charge on any atom is 0.311 e. The fourth-order valence-corrected chi connectivity index (χ4v) is 5.65. The number of nitro groups is 1. The second kappa shape index (κ2) is 12.5. The van der Waals surface area contributed by atoms with Gasteiger partial charge >= 0.3 is 5.69 Å². The van der Waals surface area contributed by atoms with E-state index in [1.807, 2.05) is 54.6 Å². The minimum absolute atomic E-state index is 0.143. The number of para-hydroxylation sites is 1. The molecule has 3 heterocycles. The molecule has 12 heteroatoms. The van der Waals surface area contributed by atoms with Gasteiger partial charge in [-0.3, -0.25) is 14.9 Å². The van der Waals surface area contributed by atoms with Gasteiger partial charge in [-0.05, 0) is 61.0 Å². The van der Waals surface area contributed by atoms with E-state index in [0.29, 0.717) is 38.7 Å². The van der Waals surface area contributed by atoms with Gasteiger partial charge in [-0.2, -0.15) is 14.6 Å². The molecule has 0 fully saturated rings. The van der Waals surface area contributed by atoms with Crippen molar-refractivity contribution in [1.29, 1.82) is 0 Å². The number of ether oxygens (including phenoxy) is 2. The SMILES string of the molecule is CCCCCOc1ccc(-c2nc3sc(=Cc4cn(-c5ccccc5)nc4-c4ccc(OC)c([N+](=O)[O-])c4)c(=O)n3n2)cc1. The van der Waals surface area contributed by atoms with E-state index in [1.54, 1.807) is 23.0 Å². The normalized spacial score (nSPS) is 11.7. The summed E-state index contributed by atoms with van der Waals surface area (Å²) in [6, 6.07) is 21.6. The monoisotopic (exact) mass is 608 g/mol. The van der Waals surface area contributed by atoms with Crippen LogP contribution in [-0.4, -0.2) is 43.0 Å². The highest BCUT2D eigenvalue weighted by atomic mass is 32.1. The average molecular weight is 609 g/mol. The first-order chi connectivity index (χ1) is 21.4. The van der Waals surface area contributed by atoms with Gasteiger partial charge in [-0.1, -0.05) is 49.3 Å². The van der Waals surface area contributed by atoms with Gasteiger partial charge in [0.05, 0.1) is 28.9 Å². The number of benzene rings is 3. The molecular weight excluding hydrogens is 580 g/mol. The number of nitro benzene ring substituents is 1. The topological polar surface area (TPSA) is 127 Å². The highest BCUT2D eigenvalue weighted by Gasteiger charge is 2.20. The predicted molar refractivity (Wildman–Crippen MR) is 169 cm³/mol. The highest BCUT2D eigenvalue weighted by Crippen LogP contribution is 2.33. The molecule has 0 N–H and O–H groups in total. The van der Waals surface area contributed by atoms with E-state index in [-0.39, 0.29) is 17.0 Å². The summed E-state index contributed by atoms with van der Waals surface area (Å²) in [6.45, 7) is 2.83. The molecule has 0 unspecified atom stereocenters. The molecule has 0 aliphatic heterocycles. The Hall–Kier alpha value is -5.36. The minimum atomic E-state index is -0.499. The van der Waals surface area contributed by atoms with Crippen LogP contribution in [0.15, 0.2) is 83.8 Å². The summed E-state index contributed by atoms with van der Waals surface area (Å²) in [6.07, 6.45) is 6.78. The van der Waals surface area contributed by atoms with Crippen LogP contribution in [0.4, 0.5) is 5.69 Å². The van der Waals surface area contributed by atoms with Gasteiger partial charge in [0, 0.05) is 29.0 Å². The van der Waals surface area contributed by atoms with Gasteiger partial charge < -0.3 is 9.47 Å². The van der Waals surface area contributed by atoms with Crippen molar-refractivity contribution >= 4 is 28.1 Å². The Bertz CT molecular complexity index is 2050. The third kappa shape index (κ3) is 5.79. The molecule has 3 aromatic heterocycles. The number of hydrogen-bond acceptors (Lipinski definition) is 9. The van der Waals surface area contributed by atoms with Crippen LogP contribution >= 0.6 is 11.3 Å². The number of hydrogen-bond donors (Lipinski definition) is 0. The van der Waals surface area contributed by atoms with Crippen LogP contribution in [0, 0.1) is 10.1 Å². The van der Waals surface area contributed by atoms with Crippen molar-refractivity contribution in [3.63, 3.8) is 0 Å². The summed E-state index contributed by atoms with van der Waals surface area (Å²) in [5.74, 6) is 1.37. The van der Waals surface area contributed by atoms with Gasteiger partial charge in [-0.25, -0.2) is 4.68 Å². The van der Waals surface area contributed by atoms with E-state index in [9.17, 15) is 14.9 Å². The molecule has 0 saturated carbocycles. The van der Waals surface area contributed by atoms with Crippen LogP contribution in [0.2, 0.25) is 0 Å². The zero-order chi connectivity index (χ0) is 30.6. The molecule has 44 heavy (non-hydrogen) atoms. The Balaban J connectivity index is 1.37. The first-order valence-electron chi connectivity index (χ1n) is 14.1. The molecule has 11 nitrogen and oxygen atoms in total. The first-order valence-corrected chi connectivity index (χ1v) is 14.9. The molecule has 0 spiro atoms. The summed E-state index contributed by atoms with van der Waals surface area (Å²) < 4.78 is 14.3. The maximum absolute atomic E-state index is 13.4. The minimum Gasteiger partial charge on any atom is -0.494 e. The zero-order valence-electron chi connectivity index (χ0n) is 24.0. The fourth-order valence-electron chi connectivity index (χ4n) is 4.75. The number of unbranched alkanes of at least 4 members (excludes halogenated alkanes) is 2. The summed E-state index contributed by atoms with van der Waals surface area (Å²) in [5.41, 5.74) is 2.64. The lowest BCUT2D eigenvalue weighted by atomic mass is 10.1. The van der Waals surface area contributed by atoms with E-state index in [0.717, 1.165) is 36.3 Å². The molecule has 0 bridgehead atoms. The van der Waals surface area contributed by atoms with Crippen LogP contribution in [-0.2, 0) is 0 Å². The number of nitrogens with zero attached hydrogens (tertiary/aromatic N) is 6. The zero-order valence-corrected chi connectivity index (χ0v) is 24.9. The number of methoxy groups -OCH3 is 1. The van der Waals surface area contributed by atoms with Crippen LogP contribution in [0.5, 0.6) is 11.5 Å². The molecule has 3 aromatic carbocycles. The van der Waals surface area contributed by atoms with Crippen molar-refractivity contribution in [2.45, 2.75) is 26.2 Å². The number of thiazole rings is 1. The van der Waals surface area contributed by atoms with Crippen molar-refractivity contribution in [3.05, 3.63) is 110 Å². The Morgan fingerprint density at radius 1 is 1.00 bits per heavy atom. The molecule has 0 radical (unpaired) electrons. The third-order valence-corrected chi connectivity index (χ3v) is 7.97. The van der Waals surface area contributed by atoms with Gasteiger partial charge in [0.2, 0.25) is 4.96 Å². The first kappa shape index (κ1) is 28.7. The Labute approximate surface area is 255 Å². The van der Waals surface area contributed by atoms with E-state index < -0.39 is 4.92 Å². The van der Waals surface area contributed by atoms with Crippen LogP contribution < -0.4 is 19.6 Å². The van der Waals surface area contributed by atoms with E-state index in [2.05, 4.69) is 17.0 Å². The Kier molecular flexibility index (Phi) is 8.15. The third-order valence-electron chi connectivity index (χ3n) is 7.01. The van der Waals surface area contributed by atoms with Crippen LogP contribution in [0.3, 0.4) is 0 Å². The number of rotatable bonds is 11. The van der Waals surface area contributed by atoms with Crippen molar-refractivity contribution in [2.24, 2.45) is 0 Å². The van der Waals surface area contributed by atoms with Gasteiger partial charge in [0.1, 0.15) is 11.4 Å². The van der Waals surface area contributed by atoms with Crippen molar-refractivity contribution in [2.75, 3.05) is 13.7 Å². The molecule has 0 aliphatic rings. The van der Waals surface area contributed by atoms with Gasteiger partial charge in [0.25, 0.3) is 5.56 Å². The van der Waals surface area contributed by atoms with Crippen molar-refractivity contribution in [1.82, 2.24) is 24.4 Å². The standard InChI is InChI=1S/C32H28N6O5S/c1-3-4-8-17-43-25-14-11-21(12-15-25)30-33-32-37(35-30)31(39)28(44-32)19-23-20-36(24-9-6-5-7-10-24)34-29(23)22-13-16-27(42-2)26(18-22)38(40)41/h5-7,9-16,18-20H,3-4,8,17H2,1-2H3. The summed E-state index contributed by atoms with van der Waals surface area (Å²) in [5, 5.41) is 20.9. The Morgan fingerprint density at radius 3 is 2.48 bits per heavy atom. The number of aromatic nitrogens is 5. The van der Waals surface area contributed by atoms with Crippen LogP contribution in [0.1, 0.15) is 31.7 Å². The molecule has 0 aliphatic carbocycles. The molecule has 0 atom stereocenters. The smallest absolute Gasteiger partial charge is 0.311 e. The van der Waals surface area contributed by atoms with Crippen molar-refractivity contribution in [3.8, 4) is 39.8 Å². The molecule has 6 aromatic rings. The quantitative estimate of drug-likeness (QED) is 0.104. The molecular formula is C32H28N6O5S. The Morgan fingerprint density at radius 2 is 1.77 bits per heavy atom. The highest BCUT2D eigenvalue weighted by molar-refractivity contribution is 7.15. The van der Waals surface area contributed by atoms with E-state index in [1.165, 1.54) is 35.1 Å². The van der Waals surface area contributed by atoms with Crippen LogP contribution in [0.25, 0.3) is 39.4 Å². The van der Waals surface area contributed by atoms with E-state index in [4.69, 9.17) is 14.6 Å². The van der Waals surface area contributed by atoms with E-state index >= 15 is 0 Å². The lowest BCUT2D eigenvalue weighted by molar-refractivity contribution is -0.385.